The van der Waals surface area contributed by atoms with Gasteiger partial charge >= 0.3 is 0 Å². The van der Waals surface area contributed by atoms with E-state index in [-0.39, 0.29) is 5.91 Å². The number of H-pyrrole nitrogens is 1. The van der Waals surface area contributed by atoms with Crippen LogP contribution in [0.3, 0.4) is 0 Å². The molecule has 5 aromatic rings. The number of ether oxygens (including phenoxy) is 1. The quantitative estimate of drug-likeness (QED) is 0.353. The van der Waals surface area contributed by atoms with Crippen LogP contribution in [-0.2, 0) is 4.74 Å². The normalized spacial score (nSPS) is 16.6. The van der Waals surface area contributed by atoms with Gasteiger partial charge in [-0.05, 0) is 55.1 Å². The van der Waals surface area contributed by atoms with Gasteiger partial charge in [0.1, 0.15) is 11.5 Å². The highest BCUT2D eigenvalue weighted by Crippen LogP contribution is 2.31. The van der Waals surface area contributed by atoms with E-state index in [9.17, 15) is 4.79 Å². The minimum Gasteiger partial charge on any atom is -0.378 e. The molecule has 10 nitrogen and oxygen atoms in total. The molecule has 0 saturated carbocycles. The number of pyridine rings is 2. The fraction of sp³-hybridized carbons (Fsp3) is 0.300. The molecule has 0 spiro atoms. The van der Waals surface area contributed by atoms with Gasteiger partial charge in [-0.15, -0.1) is 0 Å². The Balaban J connectivity index is 1.14. The van der Waals surface area contributed by atoms with Crippen LogP contribution in [0, 0.1) is 0 Å². The van der Waals surface area contributed by atoms with E-state index in [4.69, 9.17) is 9.72 Å². The van der Waals surface area contributed by atoms with Gasteiger partial charge in [-0.2, -0.15) is 5.10 Å². The number of hydrogen-bond donors (Lipinski definition) is 2. The Morgan fingerprint density at radius 1 is 1.00 bits per heavy atom. The molecule has 2 fully saturated rings. The van der Waals surface area contributed by atoms with Crippen LogP contribution >= 0.6 is 0 Å². The lowest BCUT2D eigenvalue weighted by atomic mass is 10.1. The molecule has 2 saturated heterocycles. The highest BCUT2D eigenvalue weighted by atomic mass is 16.5. The third-order valence-corrected chi connectivity index (χ3v) is 7.89. The van der Waals surface area contributed by atoms with Crippen LogP contribution in [0.5, 0.6) is 0 Å². The van der Waals surface area contributed by atoms with E-state index >= 15 is 0 Å². The molecule has 0 radical (unpaired) electrons. The summed E-state index contributed by atoms with van der Waals surface area (Å²) in [7, 11) is 2.17. The molecule has 0 aliphatic carbocycles. The first-order valence-corrected chi connectivity index (χ1v) is 13.8. The molecule has 2 N–H and O–H groups in total. The summed E-state index contributed by atoms with van der Waals surface area (Å²) < 4.78 is 7.16. The topological polar surface area (TPSA) is 94.0 Å². The maximum absolute atomic E-state index is 13.2. The number of carbonyl (C=O) groups excluding carboxylic acids is 1. The van der Waals surface area contributed by atoms with Crippen LogP contribution in [0.4, 0.5) is 17.2 Å². The SMILES string of the molecule is CN1CCN(c2cccc(Nc3ccc4c(-c5ccn6ncc(C(=O)N7CCOCC7)c6c5)c[nH]c4n3)c2)CC1. The van der Waals surface area contributed by atoms with Gasteiger partial charge in [0.2, 0.25) is 0 Å². The summed E-state index contributed by atoms with van der Waals surface area (Å²) in [5, 5.41) is 8.90. The van der Waals surface area contributed by atoms with E-state index in [0.29, 0.717) is 31.9 Å². The van der Waals surface area contributed by atoms with Crippen molar-refractivity contribution < 1.29 is 9.53 Å². The van der Waals surface area contributed by atoms with Gasteiger partial charge < -0.3 is 29.7 Å². The van der Waals surface area contributed by atoms with Gasteiger partial charge in [-0.1, -0.05) is 6.07 Å². The van der Waals surface area contributed by atoms with Crippen molar-refractivity contribution in [1.29, 1.82) is 0 Å². The second-order valence-corrected chi connectivity index (χ2v) is 10.5. The van der Waals surface area contributed by atoms with Crippen molar-refractivity contribution in [3.05, 3.63) is 72.7 Å². The Kier molecular flexibility index (Phi) is 6.33. The lowest BCUT2D eigenvalue weighted by molar-refractivity contribution is 0.0304. The average molecular weight is 537 g/mol. The molecule has 0 unspecified atom stereocenters. The van der Waals surface area contributed by atoms with E-state index in [0.717, 1.165) is 65.4 Å². The standard InChI is InChI=1S/C30H32N8O2/c1-35-9-11-36(12-10-35)23-4-2-3-22(18-23)33-28-6-5-24-25(19-31-29(24)34-28)21-7-8-38-27(17-21)26(20-32-38)30(39)37-13-15-40-16-14-37/h2-8,17-20H,9-16H2,1H3,(H2,31,33,34). The summed E-state index contributed by atoms with van der Waals surface area (Å²) in [4.78, 5) is 28.0. The number of morpholine rings is 1. The summed E-state index contributed by atoms with van der Waals surface area (Å²) in [6.45, 7) is 6.54. The van der Waals surface area contributed by atoms with Crippen LogP contribution in [0.15, 0.2) is 67.1 Å². The molecule has 2 aliphatic rings. The zero-order chi connectivity index (χ0) is 27.1. The third-order valence-electron chi connectivity index (χ3n) is 7.89. The lowest BCUT2D eigenvalue weighted by Crippen LogP contribution is -2.44. The summed E-state index contributed by atoms with van der Waals surface area (Å²) >= 11 is 0. The highest BCUT2D eigenvalue weighted by Gasteiger charge is 2.22. The predicted molar refractivity (Wildman–Crippen MR) is 156 cm³/mol. The zero-order valence-electron chi connectivity index (χ0n) is 22.5. The van der Waals surface area contributed by atoms with Crippen molar-refractivity contribution in [2.45, 2.75) is 0 Å². The van der Waals surface area contributed by atoms with E-state index < -0.39 is 0 Å². The van der Waals surface area contributed by atoms with Crippen molar-refractivity contribution in [1.82, 2.24) is 29.4 Å². The van der Waals surface area contributed by atoms with Gasteiger partial charge in [-0.3, -0.25) is 4.79 Å². The number of likely N-dealkylation sites (N-methyl/N-ethyl adjacent to an activating group) is 1. The van der Waals surface area contributed by atoms with Crippen LogP contribution in [-0.4, -0.2) is 94.8 Å². The fourth-order valence-electron chi connectivity index (χ4n) is 5.56. The summed E-state index contributed by atoms with van der Waals surface area (Å²) in [6.07, 6.45) is 5.53. The Labute approximate surface area is 232 Å². The van der Waals surface area contributed by atoms with E-state index in [2.05, 4.69) is 62.6 Å². The first kappa shape index (κ1) is 24.6. The van der Waals surface area contributed by atoms with E-state index in [1.807, 2.05) is 35.5 Å². The van der Waals surface area contributed by atoms with Crippen LogP contribution < -0.4 is 10.2 Å². The Bertz CT molecular complexity index is 1680. The Morgan fingerprint density at radius 3 is 2.70 bits per heavy atom. The van der Waals surface area contributed by atoms with Crippen molar-refractivity contribution >= 4 is 39.6 Å². The van der Waals surface area contributed by atoms with Gasteiger partial charge in [-0.25, -0.2) is 9.50 Å². The first-order valence-electron chi connectivity index (χ1n) is 13.8. The Morgan fingerprint density at radius 2 is 1.85 bits per heavy atom. The molecule has 4 aromatic heterocycles. The highest BCUT2D eigenvalue weighted by molar-refractivity contribution is 6.02. The molecule has 1 aromatic carbocycles. The number of fused-ring (bicyclic) bond motifs is 2. The predicted octanol–water partition coefficient (Wildman–Crippen LogP) is 3.85. The number of nitrogens with one attached hydrogen (secondary N) is 2. The number of rotatable bonds is 5. The molecule has 0 bridgehead atoms. The van der Waals surface area contributed by atoms with Crippen molar-refractivity contribution in [2.24, 2.45) is 0 Å². The molecule has 7 rings (SSSR count). The number of benzene rings is 1. The van der Waals surface area contributed by atoms with Crippen molar-refractivity contribution in [3.63, 3.8) is 0 Å². The van der Waals surface area contributed by atoms with Crippen molar-refractivity contribution in [2.75, 3.05) is 69.7 Å². The molecular formula is C30H32N8O2. The van der Waals surface area contributed by atoms with Gasteiger partial charge in [0.15, 0.2) is 0 Å². The van der Waals surface area contributed by atoms with Crippen LogP contribution in [0.25, 0.3) is 27.7 Å². The smallest absolute Gasteiger partial charge is 0.257 e. The summed E-state index contributed by atoms with van der Waals surface area (Å²) in [5.74, 6) is 0.768. The number of aromatic amines is 1. The summed E-state index contributed by atoms with van der Waals surface area (Å²) in [6, 6.07) is 16.7. The maximum Gasteiger partial charge on any atom is 0.257 e. The monoisotopic (exact) mass is 536 g/mol. The maximum atomic E-state index is 13.2. The van der Waals surface area contributed by atoms with Gasteiger partial charge in [0.05, 0.1) is 30.5 Å². The fourth-order valence-corrected chi connectivity index (χ4v) is 5.56. The van der Waals surface area contributed by atoms with Crippen LogP contribution in [0.2, 0.25) is 0 Å². The zero-order valence-corrected chi connectivity index (χ0v) is 22.5. The number of hydrogen-bond acceptors (Lipinski definition) is 7. The molecular weight excluding hydrogens is 504 g/mol. The number of anilines is 3. The molecule has 204 valence electrons. The molecule has 10 heteroatoms. The van der Waals surface area contributed by atoms with Gasteiger partial charge in [0, 0.05) is 74.0 Å². The minimum atomic E-state index is -0.0107. The molecule has 6 heterocycles. The van der Waals surface area contributed by atoms with Crippen molar-refractivity contribution in [3.8, 4) is 11.1 Å². The lowest BCUT2D eigenvalue weighted by Gasteiger charge is -2.34. The number of aromatic nitrogens is 4. The second kappa shape index (κ2) is 10.3. The first-order chi connectivity index (χ1) is 19.6. The number of amides is 1. The second-order valence-electron chi connectivity index (χ2n) is 10.5. The third kappa shape index (κ3) is 4.65. The molecule has 40 heavy (non-hydrogen) atoms. The Hall–Kier alpha value is -4.41. The van der Waals surface area contributed by atoms with Crippen LogP contribution in [0.1, 0.15) is 10.4 Å². The number of nitrogens with zero attached hydrogens (tertiary/aromatic N) is 6. The molecule has 1 amide bonds. The van der Waals surface area contributed by atoms with E-state index in [1.165, 1.54) is 5.69 Å². The number of carbonyl (C=O) groups is 1. The number of piperazine rings is 1. The minimum absolute atomic E-state index is 0.0107. The average Bonchev–Trinajstić information content (AvgIpc) is 3.61. The van der Waals surface area contributed by atoms with E-state index in [1.54, 1.807) is 10.7 Å². The molecule has 0 atom stereocenters. The largest absolute Gasteiger partial charge is 0.378 e. The van der Waals surface area contributed by atoms with Gasteiger partial charge in [0.25, 0.3) is 5.91 Å². The summed E-state index contributed by atoms with van der Waals surface area (Å²) in [5.41, 5.74) is 6.45. The molecule has 2 aliphatic heterocycles.